The molecule has 0 aliphatic heterocycles. The zero-order valence-electron chi connectivity index (χ0n) is 15.6. The van der Waals surface area contributed by atoms with E-state index in [1.807, 2.05) is 0 Å². The van der Waals surface area contributed by atoms with Crippen LogP contribution in [0.4, 0.5) is 5.69 Å². The second kappa shape index (κ2) is 9.18. The highest BCUT2D eigenvalue weighted by Gasteiger charge is 2.10. The van der Waals surface area contributed by atoms with E-state index in [4.69, 9.17) is 4.74 Å². The number of carbonyl (C=O) groups excluding carboxylic acids is 3. The molecule has 0 atom stereocenters. The van der Waals surface area contributed by atoms with Gasteiger partial charge in [-0.25, -0.2) is 0 Å². The summed E-state index contributed by atoms with van der Waals surface area (Å²) >= 11 is 0. The standard InChI is InChI=1S/C22H19N3O4/c1-29-19-13-9-16(10-14-19)20(26)23-18-11-7-17(8-12-18)22(28)25-24-21(27)15-5-3-2-4-6-15/h2-14H,1H3,(H,23,26)(H,24,27)(H,25,28). The molecule has 0 aliphatic rings. The molecule has 29 heavy (non-hydrogen) atoms. The van der Waals surface area contributed by atoms with Crippen LogP contribution < -0.4 is 20.9 Å². The van der Waals surface area contributed by atoms with Gasteiger partial charge < -0.3 is 10.1 Å². The van der Waals surface area contributed by atoms with E-state index in [0.717, 1.165) is 0 Å². The highest BCUT2D eigenvalue weighted by molar-refractivity contribution is 6.04. The maximum Gasteiger partial charge on any atom is 0.269 e. The van der Waals surface area contributed by atoms with Crippen molar-refractivity contribution in [3.05, 3.63) is 95.6 Å². The summed E-state index contributed by atoms with van der Waals surface area (Å²) in [5.41, 5.74) is 6.50. The Morgan fingerprint density at radius 2 is 1.10 bits per heavy atom. The van der Waals surface area contributed by atoms with E-state index in [1.54, 1.807) is 86.0 Å². The topological polar surface area (TPSA) is 96.5 Å². The maximum absolute atomic E-state index is 12.3. The molecule has 7 heteroatoms. The van der Waals surface area contributed by atoms with Crippen LogP contribution in [0.5, 0.6) is 5.75 Å². The van der Waals surface area contributed by atoms with Crippen LogP contribution in [-0.4, -0.2) is 24.8 Å². The molecule has 3 aromatic carbocycles. The normalized spacial score (nSPS) is 9.97. The molecule has 0 spiro atoms. The SMILES string of the molecule is COc1ccc(C(=O)Nc2ccc(C(=O)NNC(=O)c3ccccc3)cc2)cc1. The van der Waals surface area contributed by atoms with Crippen LogP contribution in [0.1, 0.15) is 31.1 Å². The number of hydrogen-bond donors (Lipinski definition) is 3. The summed E-state index contributed by atoms with van der Waals surface area (Å²) in [6.07, 6.45) is 0. The van der Waals surface area contributed by atoms with Gasteiger partial charge in [0.2, 0.25) is 0 Å². The summed E-state index contributed by atoms with van der Waals surface area (Å²) in [6.45, 7) is 0. The molecule has 3 amide bonds. The summed E-state index contributed by atoms with van der Waals surface area (Å²) in [4.78, 5) is 36.4. The van der Waals surface area contributed by atoms with Gasteiger partial charge in [-0.05, 0) is 60.7 Å². The fourth-order valence-corrected chi connectivity index (χ4v) is 2.50. The van der Waals surface area contributed by atoms with Gasteiger partial charge in [0.25, 0.3) is 17.7 Å². The Morgan fingerprint density at radius 1 is 0.621 bits per heavy atom. The lowest BCUT2D eigenvalue weighted by Gasteiger charge is -2.09. The van der Waals surface area contributed by atoms with Crippen LogP contribution in [0.15, 0.2) is 78.9 Å². The Balaban J connectivity index is 1.55. The number of nitrogens with one attached hydrogen (secondary N) is 3. The summed E-state index contributed by atoms with van der Waals surface area (Å²) in [5, 5.41) is 2.75. The third-order valence-corrected chi connectivity index (χ3v) is 4.08. The molecule has 7 nitrogen and oxygen atoms in total. The van der Waals surface area contributed by atoms with Gasteiger partial charge in [-0.15, -0.1) is 0 Å². The molecule has 146 valence electrons. The lowest BCUT2D eigenvalue weighted by molar-refractivity contribution is 0.0846. The molecule has 0 heterocycles. The van der Waals surface area contributed by atoms with Gasteiger partial charge in [0.15, 0.2) is 0 Å². The van der Waals surface area contributed by atoms with E-state index < -0.39 is 11.8 Å². The van der Waals surface area contributed by atoms with E-state index in [2.05, 4.69) is 16.2 Å². The van der Waals surface area contributed by atoms with E-state index >= 15 is 0 Å². The van der Waals surface area contributed by atoms with Gasteiger partial charge in [-0.1, -0.05) is 18.2 Å². The number of hydrogen-bond acceptors (Lipinski definition) is 4. The Bertz CT molecular complexity index is 1000. The molecule has 0 saturated carbocycles. The van der Waals surface area contributed by atoms with Crippen molar-refractivity contribution in [3.8, 4) is 5.75 Å². The van der Waals surface area contributed by atoms with Crippen LogP contribution in [0, 0.1) is 0 Å². The number of amides is 3. The highest BCUT2D eigenvalue weighted by atomic mass is 16.5. The molecule has 0 saturated heterocycles. The fourth-order valence-electron chi connectivity index (χ4n) is 2.50. The maximum atomic E-state index is 12.3. The Hall–Kier alpha value is -4.13. The molecule has 0 fully saturated rings. The van der Waals surface area contributed by atoms with E-state index in [9.17, 15) is 14.4 Å². The molecular formula is C22H19N3O4. The summed E-state index contributed by atoms with van der Waals surface area (Å²) in [7, 11) is 1.56. The predicted molar refractivity (Wildman–Crippen MR) is 109 cm³/mol. The van der Waals surface area contributed by atoms with Crippen LogP contribution in [0.3, 0.4) is 0 Å². The Morgan fingerprint density at radius 3 is 1.66 bits per heavy atom. The molecule has 3 rings (SSSR count). The molecule has 0 radical (unpaired) electrons. The average molecular weight is 389 g/mol. The van der Waals surface area contributed by atoms with Gasteiger partial charge in [-0.2, -0.15) is 0 Å². The summed E-state index contributed by atoms with van der Waals surface area (Å²) in [6, 6.07) is 21.6. The quantitative estimate of drug-likeness (QED) is 0.585. The third kappa shape index (κ3) is 5.20. The van der Waals surface area contributed by atoms with Crippen molar-refractivity contribution < 1.29 is 19.1 Å². The molecule has 0 unspecified atom stereocenters. The smallest absolute Gasteiger partial charge is 0.269 e. The first-order valence-corrected chi connectivity index (χ1v) is 8.78. The minimum absolute atomic E-state index is 0.278. The highest BCUT2D eigenvalue weighted by Crippen LogP contribution is 2.14. The predicted octanol–water partition coefficient (Wildman–Crippen LogP) is 3.02. The zero-order valence-corrected chi connectivity index (χ0v) is 15.6. The molecule has 0 aliphatic carbocycles. The van der Waals surface area contributed by atoms with Crippen molar-refractivity contribution >= 4 is 23.4 Å². The largest absolute Gasteiger partial charge is 0.497 e. The zero-order chi connectivity index (χ0) is 20.6. The first-order valence-electron chi connectivity index (χ1n) is 8.78. The molecule has 0 aromatic heterocycles. The van der Waals surface area contributed by atoms with Crippen LogP contribution in [-0.2, 0) is 0 Å². The number of methoxy groups -OCH3 is 1. The van der Waals surface area contributed by atoms with Crippen LogP contribution >= 0.6 is 0 Å². The van der Waals surface area contributed by atoms with Crippen molar-refractivity contribution in [3.63, 3.8) is 0 Å². The van der Waals surface area contributed by atoms with Gasteiger partial charge >= 0.3 is 0 Å². The van der Waals surface area contributed by atoms with Crippen molar-refractivity contribution in [1.82, 2.24) is 10.9 Å². The molecule has 3 aromatic rings. The Labute approximate surface area is 167 Å². The second-order valence-corrected chi connectivity index (χ2v) is 6.03. The van der Waals surface area contributed by atoms with Gasteiger partial charge in [-0.3, -0.25) is 25.2 Å². The average Bonchev–Trinajstić information content (AvgIpc) is 2.78. The van der Waals surface area contributed by atoms with Gasteiger partial charge in [0.1, 0.15) is 5.75 Å². The van der Waals surface area contributed by atoms with Gasteiger partial charge in [0.05, 0.1) is 7.11 Å². The molecule has 0 bridgehead atoms. The van der Waals surface area contributed by atoms with E-state index in [0.29, 0.717) is 28.1 Å². The monoisotopic (exact) mass is 389 g/mol. The lowest BCUT2D eigenvalue weighted by atomic mass is 10.1. The van der Waals surface area contributed by atoms with E-state index in [1.165, 1.54) is 0 Å². The number of hydrazine groups is 1. The second-order valence-electron chi connectivity index (χ2n) is 6.03. The molecule has 3 N–H and O–H groups in total. The number of carbonyl (C=O) groups is 3. The fraction of sp³-hybridized carbons (Fsp3) is 0.0455. The van der Waals surface area contributed by atoms with E-state index in [-0.39, 0.29) is 5.91 Å². The summed E-state index contributed by atoms with van der Waals surface area (Å²) in [5.74, 6) is -0.499. The van der Waals surface area contributed by atoms with Crippen molar-refractivity contribution in [2.24, 2.45) is 0 Å². The first-order chi connectivity index (χ1) is 14.1. The number of rotatable bonds is 5. The third-order valence-electron chi connectivity index (χ3n) is 4.08. The summed E-state index contributed by atoms with van der Waals surface area (Å²) < 4.78 is 5.07. The van der Waals surface area contributed by atoms with Gasteiger partial charge in [0, 0.05) is 22.4 Å². The lowest BCUT2D eigenvalue weighted by Crippen LogP contribution is -2.41. The van der Waals surface area contributed by atoms with Crippen molar-refractivity contribution in [1.29, 1.82) is 0 Å². The number of benzene rings is 3. The molecular weight excluding hydrogens is 370 g/mol. The minimum Gasteiger partial charge on any atom is -0.497 e. The van der Waals surface area contributed by atoms with Crippen LogP contribution in [0.2, 0.25) is 0 Å². The minimum atomic E-state index is -0.470. The van der Waals surface area contributed by atoms with Crippen molar-refractivity contribution in [2.45, 2.75) is 0 Å². The first kappa shape index (κ1) is 19.6. The van der Waals surface area contributed by atoms with Crippen molar-refractivity contribution in [2.75, 3.05) is 12.4 Å². The van der Waals surface area contributed by atoms with Crippen LogP contribution in [0.25, 0.3) is 0 Å². The number of ether oxygens (including phenoxy) is 1. The number of anilines is 1. The Kier molecular flexibility index (Phi) is 6.22.